The Kier molecular flexibility index (Phi) is 5.38. The second kappa shape index (κ2) is 6.58. The lowest BCUT2D eigenvalue weighted by molar-refractivity contribution is -0.115. The van der Waals surface area contributed by atoms with E-state index in [0.29, 0.717) is 6.42 Å². The SMILES string of the molecule is CCC(C)(CO)NCC(=O)Nc1c(F)cccc1F. The van der Waals surface area contributed by atoms with Gasteiger partial charge in [-0.1, -0.05) is 13.0 Å². The van der Waals surface area contributed by atoms with E-state index in [4.69, 9.17) is 5.11 Å². The Morgan fingerprint density at radius 1 is 1.37 bits per heavy atom. The molecular weight excluding hydrogens is 254 g/mol. The third-order valence-corrected chi connectivity index (χ3v) is 3.03. The minimum absolute atomic E-state index is 0.134. The zero-order chi connectivity index (χ0) is 14.5. The van der Waals surface area contributed by atoms with Gasteiger partial charge >= 0.3 is 0 Å². The molecule has 6 heteroatoms. The Balaban J connectivity index is 2.61. The molecule has 0 bridgehead atoms. The molecule has 1 atom stereocenters. The quantitative estimate of drug-likeness (QED) is 0.738. The minimum atomic E-state index is -0.825. The highest BCUT2D eigenvalue weighted by Crippen LogP contribution is 2.17. The zero-order valence-electron chi connectivity index (χ0n) is 11.0. The zero-order valence-corrected chi connectivity index (χ0v) is 11.0. The number of carbonyl (C=O) groups excluding carboxylic acids is 1. The van der Waals surface area contributed by atoms with Crippen LogP contribution in [0.25, 0.3) is 0 Å². The van der Waals surface area contributed by atoms with E-state index in [0.717, 1.165) is 12.1 Å². The first kappa shape index (κ1) is 15.5. The van der Waals surface area contributed by atoms with Crippen LogP contribution in [-0.2, 0) is 4.79 Å². The van der Waals surface area contributed by atoms with Gasteiger partial charge in [0.2, 0.25) is 5.91 Å². The summed E-state index contributed by atoms with van der Waals surface area (Å²) in [5.74, 6) is -2.22. The largest absolute Gasteiger partial charge is 0.394 e. The number of rotatable bonds is 6. The maximum Gasteiger partial charge on any atom is 0.238 e. The van der Waals surface area contributed by atoms with Crippen LogP contribution >= 0.6 is 0 Å². The normalized spacial score (nSPS) is 13.9. The maximum absolute atomic E-state index is 13.3. The van der Waals surface area contributed by atoms with Gasteiger partial charge < -0.3 is 15.7 Å². The highest BCUT2D eigenvalue weighted by atomic mass is 19.1. The van der Waals surface area contributed by atoms with E-state index in [1.807, 2.05) is 6.92 Å². The third kappa shape index (κ3) is 4.25. The molecule has 0 fully saturated rings. The highest BCUT2D eigenvalue weighted by molar-refractivity contribution is 5.92. The lowest BCUT2D eigenvalue weighted by atomic mass is 10.0. The Bertz CT molecular complexity index is 428. The number of benzene rings is 1. The van der Waals surface area contributed by atoms with Crippen molar-refractivity contribution in [1.82, 2.24) is 5.32 Å². The summed E-state index contributed by atoms with van der Waals surface area (Å²) in [5, 5.41) is 14.2. The van der Waals surface area contributed by atoms with Crippen LogP contribution in [-0.4, -0.2) is 29.7 Å². The second-order valence-electron chi connectivity index (χ2n) is 4.57. The summed E-state index contributed by atoms with van der Waals surface area (Å²) in [5.41, 5.74) is -1.05. The molecule has 0 radical (unpaired) electrons. The Hall–Kier alpha value is -1.53. The van der Waals surface area contributed by atoms with Gasteiger partial charge in [-0.25, -0.2) is 8.78 Å². The van der Waals surface area contributed by atoms with Crippen LogP contribution in [0.15, 0.2) is 18.2 Å². The Labute approximate surface area is 110 Å². The molecule has 19 heavy (non-hydrogen) atoms. The summed E-state index contributed by atoms with van der Waals surface area (Å²) in [4.78, 5) is 11.6. The summed E-state index contributed by atoms with van der Waals surface area (Å²) in [6.07, 6.45) is 0.616. The number of hydrogen-bond donors (Lipinski definition) is 3. The number of anilines is 1. The van der Waals surface area contributed by atoms with Gasteiger partial charge in [0, 0.05) is 5.54 Å². The van der Waals surface area contributed by atoms with E-state index in [1.54, 1.807) is 6.92 Å². The topological polar surface area (TPSA) is 61.4 Å². The molecule has 0 aromatic heterocycles. The monoisotopic (exact) mass is 272 g/mol. The number of halogens is 2. The first-order valence-corrected chi connectivity index (χ1v) is 6.01. The number of aliphatic hydroxyl groups is 1. The second-order valence-corrected chi connectivity index (χ2v) is 4.57. The lowest BCUT2D eigenvalue weighted by Gasteiger charge is -2.26. The Morgan fingerprint density at radius 3 is 2.42 bits per heavy atom. The van der Waals surface area contributed by atoms with E-state index in [1.165, 1.54) is 6.07 Å². The first-order chi connectivity index (χ1) is 8.91. The van der Waals surface area contributed by atoms with Crippen LogP contribution in [0.5, 0.6) is 0 Å². The highest BCUT2D eigenvalue weighted by Gasteiger charge is 2.21. The van der Waals surface area contributed by atoms with Gasteiger partial charge in [-0.05, 0) is 25.5 Å². The molecule has 3 N–H and O–H groups in total. The maximum atomic E-state index is 13.3. The molecule has 106 valence electrons. The predicted octanol–water partition coefficient (Wildman–Crippen LogP) is 1.65. The van der Waals surface area contributed by atoms with Gasteiger partial charge in [0.1, 0.15) is 17.3 Å². The van der Waals surface area contributed by atoms with Crippen molar-refractivity contribution in [3.63, 3.8) is 0 Å². The number of amides is 1. The molecule has 0 saturated heterocycles. The standard InChI is InChI=1S/C13H18F2N2O2/c1-3-13(2,8-18)16-7-11(19)17-12-9(14)5-4-6-10(12)15/h4-6,16,18H,3,7-8H2,1-2H3,(H,17,19). The van der Waals surface area contributed by atoms with Crippen molar-refractivity contribution in [1.29, 1.82) is 0 Å². The van der Waals surface area contributed by atoms with Crippen LogP contribution < -0.4 is 10.6 Å². The summed E-state index contributed by atoms with van der Waals surface area (Å²) >= 11 is 0. The fraction of sp³-hybridized carbons (Fsp3) is 0.462. The van der Waals surface area contributed by atoms with Crippen LogP contribution in [0.1, 0.15) is 20.3 Å². The van der Waals surface area contributed by atoms with Crippen LogP contribution in [0.4, 0.5) is 14.5 Å². The lowest BCUT2D eigenvalue weighted by Crippen LogP contribution is -2.48. The van der Waals surface area contributed by atoms with Crippen molar-refractivity contribution in [3.05, 3.63) is 29.8 Å². The molecule has 1 unspecified atom stereocenters. The van der Waals surface area contributed by atoms with Gasteiger partial charge in [-0.3, -0.25) is 4.79 Å². The smallest absolute Gasteiger partial charge is 0.238 e. The molecule has 0 aliphatic heterocycles. The molecule has 1 amide bonds. The molecule has 4 nitrogen and oxygen atoms in total. The van der Waals surface area contributed by atoms with Crippen molar-refractivity contribution in [3.8, 4) is 0 Å². The van der Waals surface area contributed by atoms with Crippen LogP contribution in [0.3, 0.4) is 0 Å². The molecule has 1 aromatic rings. The minimum Gasteiger partial charge on any atom is -0.394 e. The molecule has 0 aliphatic rings. The summed E-state index contributed by atoms with van der Waals surface area (Å²) in [7, 11) is 0. The van der Waals surface area contributed by atoms with Gasteiger partial charge in [-0.15, -0.1) is 0 Å². The molecule has 0 saturated carbocycles. The van der Waals surface area contributed by atoms with Crippen molar-refractivity contribution in [2.75, 3.05) is 18.5 Å². The van der Waals surface area contributed by atoms with Crippen LogP contribution in [0.2, 0.25) is 0 Å². The van der Waals surface area contributed by atoms with E-state index in [-0.39, 0.29) is 13.2 Å². The van der Waals surface area contributed by atoms with Gasteiger partial charge in [-0.2, -0.15) is 0 Å². The van der Waals surface area contributed by atoms with Crippen molar-refractivity contribution >= 4 is 11.6 Å². The van der Waals surface area contributed by atoms with Crippen molar-refractivity contribution in [2.24, 2.45) is 0 Å². The Morgan fingerprint density at radius 2 is 1.95 bits per heavy atom. The molecule has 0 spiro atoms. The number of hydrogen-bond acceptors (Lipinski definition) is 3. The van der Waals surface area contributed by atoms with Gasteiger partial charge in [0.25, 0.3) is 0 Å². The number of para-hydroxylation sites is 1. The molecule has 0 aliphatic carbocycles. The van der Waals surface area contributed by atoms with E-state index >= 15 is 0 Å². The molecule has 1 aromatic carbocycles. The van der Waals surface area contributed by atoms with Crippen molar-refractivity contribution in [2.45, 2.75) is 25.8 Å². The van der Waals surface area contributed by atoms with E-state index in [9.17, 15) is 13.6 Å². The van der Waals surface area contributed by atoms with Gasteiger partial charge in [0.15, 0.2) is 0 Å². The van der Waals surface area contributed by atoms with E-state index in [2.05, 4.69) is 10.6 Å². The summed E-state index contributed by atoms with van der Waals surface area (Å²) in [6, 6.07) is 3.35. The average Bonchev–Trinajstić information content (AvgIpc) is 2.40. The van der Waals surface area contributed by atoms with Gasteiger partial charge in [0.05, 0.1) is 13.2 Å². The fourth-order valence-electron chi connectivity index (χ4n) is 1.39. The fourth-order valence-corrected chi connectivity index (χ4v) is 1.39. The number of aliphatic hydroxyl groups excluding tert-OH is 1. The number of carbonyl (C=O) groups is 1. The van der Waals surface area contributed by atoms with Crippen molar-refractivity contribution < 1.29 is 18.7 Å². The summed E-state index contributed by atoms with van der Waals surface area (Å²) < 4.78 is 26.6. The predicted molar refractivity (Wildman–Crippen MR) is 68.8 cm³/mol. The first-order valence-electron chi connectivity index (χ1n) is 6.01. The van der Waals surface area contributed by atoms with E-state index < -0.39 is 28.8 Å². The van der Waals surface area contributed by atoms with Crippen LogP contribution in [0, 0.1) is 11.6 Å². The molecule has 0 heterocycles. The summed E-state index contributed by atoms with van der Waals surface area (Å²) in [6.45, 7) is 3.34. The third-order valence-electron chi connectivity index (χ3n) is 3.03. The average molecular weight is 272 g/mol. The molecule has 1 rings (SSSR count). The molecular formula is C13H18F2N2O2. The number of nitrogens with one attached hydrogen (secondary N) is 2.